The van der Waals surface area contributed by atoms with Gasteiger partial charge in [-0.1, -0.05) is 12.8 Å². The molecule has 1 amide bonds. The fraction of sp³-hybridized carbons (Fsp3) is 0.870. The Kier molecular flexibility index (Phi) is 9.59. The van der Waals surface area contributed by atoms with Crippen LogP contribution in [0.25, 0.3) is 0 Å². The molecule has 2 atom stereocenters. The first-order chi connectivity index (χ1) is 15.4. The third kappa shape index (κ3) is 7.33. The van der Waals surface area contributed by atoms with Gasteiger partial charge in [-0.3, -0.25) is 15.0 Å². The van der Waals surface area contributed by atoms with Crippen molar-refractivity contribution in [3.05, 3.63) is 0 Å². The maximum absolute atomic E-state index is 13.3. The summed E-state index contributed by atoms with van der Waals surface area (Å²) in [6, 6.07) is -0.538. The van der Waals surface area contributed by atoms with Crippen molar-refractivity contribution in [1.82, 2.24) is 15.1 Å². The van der Waals surface area contributed by atoms with E-state index in [1.54, 1.807) is 0 Å². The highest BCUT2D eigenvalue weighted by molar-refractivity contribution is 5.86. The van der Waals surface area contributed by atoms with E-state index in [2.05, 4.69) is 5.32 Å². The standard InChI is InChI=1S/C23H41N5O4/c24-23(25)27-12-8-19(9-13-27)32-14-10-18-7-3-4-11-28(18)22(31)20(15-21(29)30)26-16-17-5-1-2-6-17/h17-20,26H,1-16H2,(H3,24,25)(H,29,30)/t18-,20-/m0/s1. The Balaban J connectivity index is 1.48. The minimum atomic E-state index is -0.934. The first-order valence-corrected chi connectivity index (χ1v) is 12.4. The number of carboxylic acids is 1. The van der Waals surface area contributed by atoms with Gasteiger partial charge in [0.05, 0.1) is 18.6 Å². The van der Waals surface area contributed by atoms with E-state index in [1.807, 2.05) is 9.80 Å². The first kappa shape index (κ1) is 24.8. The SMILES string of the molecule is N=C(N)N1CCC(OCC[C@@H]2CCCCN2C(=O)[C@H](CC(=O)O)NCC2CCCC2)CC1. The highest BCUT2D eigenvalue weighted by atomic mass is 16.5. The summed E-state index contributed by atoms with van der Waals surface area (Å²) in [6.45, 7) is 3.51. The van der Waals surface area contributed by atoms with E-state index >= 15 is 0 Å². The Labute approximate surface area is 191 Å². The van der Waals surface area contributed by atoms with E-state index in [0.29, 0.717) is 19.1 Å². The van der Waals surface area contributed by atoms with E-state index in [0.717, 1.165) is 71.0 Å². The van der Waals surface area contributed by atoms with Crippen LogP contribution in [0.15, 0.2) is 0 Å². The molecule has 2 aliphatic heterocycles. The van der Waals surface area contributed by atoms with Gasteiger partial charge in [-0.25, -0.2) is 0 Å². The molecule has 1 saturated carbocycles. The molecule has 2 saturated heterocycles. The van der Waals surface area contributed by atoms with Crippen LogP contribution in [0.5, 0.6) is 0 Å². The summed E-state index contributed by atoms with van der Waals surface area (Å²) in [4.78, 5) is 28.5. The van der Waals surface area contributed by atoms with Gasteiger partial charge < -0.3 is 30.7 Å². The minimum Gasteiger partial charge on any atom is -0.481 e. The lowest BCUT2D eigenvalue weighted by Crippen LogP contribution is -2.53. The highest BCUT2D eigenvalue weighted by Crippen LogP contribution is 2.25. The molecule has 2 heterocycles. The number of nitrogens with zero attached hydrogens (tertiary/aromatic N) is 2. The van der Waals surface area contributed by atoms with Crippen molar-refractivity contribution in [2.75, 3.05) is 32.8 Å². The van der Waals surface area contributed by atoms with Gasteiger partial charge in [0.2, 0.25) is 5.91 Å². The molecule has 5 N–H and O–H groups in total. The summed E-state index contributed by atoms with van der Waals surface area (Å²) in [7, 11) is 0. The predicted octanol–water partition coefficient (Wildman–Crippen LogP) is 1.76. The molecule has 0 aromatic carbocycles. The number of nitrogens with two attached hydrogens (primary N) is 1. The fourth-order valence-electron chi connectivity index (χ4n) is 5.37. The molecule has 9 heteroatoms. The molecular weight excluding hydrogens is 410 g/mol. The summed E-state index contributed by atoms with van der Waals surface area (Å²) in [5.41, 5.74) is 5.55. The third-order valence-electron chi connectivity index (χ3n) is 7.30. The number of guanidine groups is 1. The molecule has 0 spiro atoms. The molecule has 9 nitrogen and oxygen atoms in total. The van der Waals surface area contributed by atoms with Gasteiger partial charge in [-0.2, -0.15) is 0 Å². The van der Waals surface area contributed by atoms with E-state index in [9.17, 15) is 14.7 Å². The molecule has 3 aliphatic rings. The molecule has 182 valence electrons. The van der Waals surface area contributed by atoms with Gasteiger partial charge in [0, 0.05) is 32.3 Å². The number of carbonyl (C=O) groups excluding carboxylic acids is 1. The number of hydrogen-bond donors (Lipinski definition) is 4. The van der Waals surface area contributed by atoms with Crippen molar-refractivity contribution in [2.24, 2.45) is 11.7 Å². The second-order valence-electron chi connectivity index (χ2n) is 9.62. The zero-order valence-corrected chi connectivity index (χ0v) is 19.3. The van der Waals surface area contributed by atoms with Crippen molar-refractivity contribution in [3.8, 4) is 0 Å². The van der Waals surface area contributed by atoms with Gasteiger partial charge in [0.1, 0.15) is 0 Å². The number of hydrogen-bond acceptors (Lipinski definition) is 5. The van der Waals surface area contributed by atoms with Gasteiger partial charge >= 0.3 is 5.97 Å². The Morgan fingerprint density at radius 1 is 1.06 bits per heavy atom. The molecular formula is C23H41N5O4. The number of rotatable bonds is 10. The van der Waals surface area contributed by atoms with Gasteiger partial charge in [0.15, 0.2) is 5.96 Å². The average molecular weight is 452 g/mol. The number of carbonyl (C=O) groups is 2. The topological polar surface area (TPSA) is 132 Å². The Bertz CT molecular complexity index is 632. The zero-order chi connectivity index (χ0) is 22.9. The van der Waals surface area contributed by atoms with Crippen LogP contribution in [-0.2, 0) is 14.3 Å². The average Bonchev–Trinajstić information content (AvgIpc) is 3.30. The van der Waals surface area contributed by atoms with Crippen molar-refractivity contribution in [1.29, 1.82) is 5.41 Å². The normalized spacial score (nSPS) is 23.9. The molecule has 0 radical (unpaired) electrons. The quantitative estimate of drug-likeness (QED) is 0.294. The van der Waals surface area contributed by atoms with E-state index in [1.165, 1.54) is 12.8 Å². The number of ether oxygens (including phenoxy) is 1. The smallest absolute Gasteiger partial charge is 0.305 e. The molecule has 1 aliphatic carbocycles. The molecule has 3 fully saturated rings. The van der Waals surface area contributed by atoms with E-state index in [4.69, 9.17) is 15.9 Å². The Morgan fingerprint density at radius 2 is 1.75 bits per heavy atom. The monoisotopic (exact) mass is 451 g/mol. The van der Waals surface area contributed by atoms with Crippen LogP contribution in [0, 0.1) is 11.3 Å². The van der Waals surface area contributed by atoms with Crippen LogP contribution in [0.1, 0.15) is 70.6 Å². The molecule has 0 aromatic rings. The van der Waals surface area contributed by atoms with Crippen LogP contribution >= 0.6 is 0 Å². The van der Waals surface area contributed by atoms with Gasteiger partial charge in [-0.05, 0) is 63.8 Å². The van der Waals surface area contributed by atoms with Crippen LogP contribution in [0.4, 0.5) is 0 Å². The number of aliphatic carboxylic acids is 1. The second kappa shape index (κ2) is 12.4. The zero-order valence-electron chi connectivity index (χ0n) is 19.3. The lowest BCUT2D eigenvalue weighted by Gasteiger charge is -2.38. The molecule has 0 bridgehead atoms. The van der Waals surface area contributed by atoms with Crippen molar-refractivity contribution < 1.29 is 19.4 Å². The maximum atomic E-state index is 13.3. The molecule has 3 rings (SSSR count). The predicted molar refractivity (Wildman–Crippen MR) is 122 cm³/mol. The van der Waals surface area contributed by atoms with Crippen LogP contribution in [-0.4, -0.2) is 83.7 Å². The van der Waals surface area contributed by atoms with Crippen molar-refractivity contribution in [3.63, 3.8) is 0 Å². The van der Waals surface area contributed by atoms with E-state index < -0.39 is 12.0 Å². The van der Waals surface area contributed by atoms with Crippen LogP contribution in [0.2, 0.25) is 0 Å². The number of carboxylic acid groups (broad SMARTS) is 1. The lowest BCUT2D eigenvalue weighted by molar-refractivity contribution is -0.144. The molecule has 0 unspecified atom stereocenters. The highest BCUT2D eigenvalue weighted by Gasteiger charge is 2.33. The summed E-state index contributed by atoms with van der Waals surface area (Å²) < 4.78 is 6.10. The summed E-state index contributed by atoms with van der Waals surface area (Å²) in [5.74, 6) is -0.322. The minimum absolute atomic E-state index is 0.0649. The lowest BCUT2D eigenvalue weighted by atomic mass is 9.97. The molecule has 32 heavy (non-hydrogen) atoms. The maximum Gasteiger partial charge on any atom is 0.305 e. The van der Waals surface area contributed by atoms with E-state index in [-0.39, 0.29) is 30.4 Å². The fourth-order valence-corrected chi connectivity index (χ4v) is 5.37. The van der Waals surface area contributed by atoms with Crippen LogP contribution < -0.4 is 11.1 Å². The van der Waals surface area contributed by atoms with Crippen molar-refractivity contribution >= 4 is 17.8 Å². The second-order valence-corrected chi connectivity index (χ2v) is 9.62. The third-order valence-corrected chi connectivity index (χ3v) is 7.30. The number of amides is 1. The van der Waals surface area contributed by atoms with Crippen LogP contribution in [0.3, 0.4) is 0 Å². The number of likely N-dealkylation sites (tertiary alicyclic amines) is 2. The van der Waals surface area contributed by atoms with Gasteiger partial charge in [0.25, 0.3) is 0 Å². The summed E-state index contributed by atoms with van der Waals surface area (Å²) >= 11 is 0. The Hall–Kier alpha value is -1.87. The number of piperidine rings is 2. The summed E-state index contributed by atoms with van der Waals surface area (Å²) in [5, 5.41) is 20.2. The Morgan fingerprint density at radius 3 is 2.41 bits per heavy atom. The summed E-state index contributed by atoms with van der Waals surface area (Å²) in [6.07, 6.45) is 10.3. The van der Waals surface area contributed by atoms with Gasteiger partial charge in [-0.15, -0.1) is 0 Å². The van der Waals surface area contributed by atoms with Crippen molar-refractivity contribution in [2.45, 2.75) is 88.8 Å². The first-order valence-electron chi connectivity index (χ1n) is 12.4. The number of nitrogens with one attached hydrogen (secondary N) is 2. The largest absolute Gasteiger partial charge is 0.481 e. The molecule has 0 aromatic heterocycles.